The van der Waals surface area contributed by atoms with Crippen molar-refractivity contribution < 1.29 is 23.8 Å². The number of amides is 1. The topological polar surface area (TPSA) is 70.1 Å². The molecule has 2 aromatic rings. The smallest absolute Gasteiger partial charge is 0.340 e. The fourth-order valence-electron chi connectivity index (χ4n) is 2.98. The Morgan fingerprint density at radius 1 is 1.00 bits per heavy atom. The third-order valence-corrected chi connectivity index (χ3v) is 4.50. The molecule has 27 heavy (non-hydrogen) atoms. The van der Waals surface area contributed by atoms with Gasteiger partial charge in [0.25, 0.3) is 5.91 Å². The van der Waals surface area contributed by atoms with Crippen molar-refractivity contribution in [1.82, 2.24) is 4.90 Å². The van der Waals surface area contributed by atoms with Gasteiger partial charge in [0.15, 0.2) is 12.7 Å². The van der Waals surface area contributed by atoms with Gasteiger partial charge in [-0.2, -0.15) is 0 Å². The first-order chi connectivity index (χ1) is 13.1. The second kappa shape index (κ2) is 8.64. The predicted molar refractivity (Wildman–Crippen MR) is 97.6 cm³/mol. The lowest BCUT2D eigenvalue weighted by molar-refractivity contribution is -0.159. The first-order valence-electron chi connectivity index (χ1n) is 8.73. The van der Waals surface area contributed by atoms with Crippen molar-refractivity contribution in [3.63, 3.8) is 0 Å². The van der Waals surface area contributed by atoms with E-state index in [4.69, 9.17) is 4.74 Å². The number of esters is 1. The Bertz CT molecular complexity index is 792. The van der Waals surface area contributed by atoms with Gasteiger partial charge in [-0.15, -0.1) is 0 Å². The molecule has 142 valence electrons. The molecule has 1 fully saturated rings. The van der Waals surface area contributed by atoms with Gasteiger partial charge in [-0.25, -0.2) is 9.18 Å². The zero-order valence-electron chi connectivity index (χ0n) is 14.8. The van der Waals surface area contributed by atoms with Crippen molar-refractivity contribution in [2.75, 3.05) is 37.7 Å². The summed E-state index contributed by atoms with van der Waals surface area (Å²) in [6.07, 6.45) is -1.42. The summed E-state index contributed by atoms with van der Waals surface area (Å²) in [5.41, 5.74) is 0.926. The Hall–Kier alpha value is -2.93. The van der Waals surface area contributed by atoms with Crippen molar-refractivity contribution in [2.24, 2.45) is 0 Å². The molecule has 6 nitrogen and oxygen atoms in total. The van der Waals surface area contributed by atoms with E-state index in [0.717, 1.165) is 0 Å². The summed E-state index contributed by atoms with van der Waals surface area (Å²) in [5, 5.41) is 9.96. The van der Waals surface area contributed by atoms with Crippen molar-refractivity contribution in [3.05, 3.63) is 66.0 Å². The molecule has 1 amide bonds. The lowest BCUT2D eigenvalue weighted by Gasteiger charge is -2.36. The summed E-state index contributed by atoms with van der Waals surface area (Å²) in [6, 6.07) is 14.9. The molecule has 1 saturated heterocycles. The molecule has 7 heteroatoms. The van der Waals surface area contributed by atoms with E-state index in [1.165, 1.54) is 6.07 Å². The van der Waals surface area contributed by atoms with E-state index in [-0.39, 0.29) is 11.7 Å². The highest BCUT2D eigenvalue weighted by atomic mass is 19.1. The lowest BCUT2D eigenvalue weighted by Crippen LogP contribution is -2.50. The predicted octanol–water partition coefficient (Wildman–Crippen LogP) is 1.75. The van der Waals surface area contributed by atoms with Gasteiger partial charge < -0.3 is 19.6 Å². The average Bonchev–Trinajstić information content (AvgIpc) is 2.72. The van der Waals surface area contributed by atoms with Crippen molar-refractivity contribution >= 4 is 17.6 Å². The Labute approximate surface area is 156 Å². The van der Waals surface area contributed by atoms with Crippen LogP contribution >= 0.6 is 0 Å². The van der Waals surface area contributed by atoms with Crippen LogP contribution in [-0.2, 0) is 14.3 Å². The molecule has 0 saturated carbocycles. The second-order valence-electron chi connectivity index (χ2n) is 6.24. The summed E-state index contributed by atoms with van der Waals surface area (Å²) in [4.78, 5) is 27.6. The van der Waals surface area contributed by atoms with Gasteiger partial charge in [0, 0.05) is 26.2 Å². The first kappa shape index (κ1) is 18.8. The Balaban J connectivity index is 1.47. The number of anilines is 1. The van der Waals surface area contributed by atoms with Gasteiger partial charge in [0.2, 0.25) is 0 Å². The fraction of sp³-hybridized carbons (Fsp3) is 0.300. The molecule has 0 bridgehead atoms. The molecule has 0 aromatic heterocycles. The number of ether oxygens (including phenoxy) is 1. The van der Waals surface area contributed by atoms with E-state index in [1.54, 1.807) is 53.4 Å². The van der Waals surface area contributed by atoms with Crippen LogP contribution in [0.5, 0.6) is 0 Å². The van der Waals surface area contributed by atoms with Crippen LogP contribution < -0.4 is 4.90 Å². The summed E-state index contributed by atoms with van der Waals surface area (Å²) >= 11 is 0. The number of nitrogens with zero attached hydrogens (tertiary/aromatic N) is 2. The zero-order valence-corrected chi connectivity index (χ0v) is 14.8. The quantitative estimate of drug-likeness (QED) is 0.810. The average molecular weight is 372 g/mol. The molecule has 1 atom stereocenters. The summed E-state index contributed by atoms with van der Waals surface area (Å²) in [7, 11) is 0. The molecule has 3 rings (SSSR count). The van der Waals surface area contributed by atoms with Gasteiger partial charge in [-0.3, -0.25) is 4.79 Å². The highest BCUT2D eigenvalue weighted by Gasteiger charge is 2.25. The minimum absolute atomic E-state index is 0.291. The Kier molecular flexibility index (Phi) is 6.03. The van der Waals surface area contributed by atoms with Gasteiger partial charge >= 0.3 is 5.97 Å². The van der Waals surface area contributed by atoms with Crippen LogP contribution in [-0.4, -0.2) is 54.7 Å². The molecule has 1 N–H and O–H groups in total. The Morgan fingerprint density at radius 2 is 1.63 bits per heavy atom. The second-order valence-corrected chi connectivity index (χ2v) is 6.24. The van der Waals surface area contributed by atoms with E-state index < -0.39 is 18.7 Å². The number of carbonyl (C=O) groups is 2. The lowest BCUT2D eigenvalue weighted by atomic mass is 10.1. The molecule has 0 unspecified atom stereocenters. The third kappa shape index (κ3) is 4.62. The number of carbonyl (C=O) groups excluding carboxylic acids is 2. The molecule has 1 aliphatic rings. The van der Waals surface area contributed by atoms with Gasteiger partial charge in [0.1, 0.15) is 5.82 Å². The monoisotopic (exact) mass is 372 g/mol. The van der Waals surface area contributed by atoms with Crippen LogP contribution in [0.15, 0.2) is 54.6 Å². The van der Waals surface area contributed by atoms with Crippen LogP contribution in [0, 0.1) is 5.82 Å². The number of hydrogen-bond acceptors (Lipinski definition) is 5. The van der Waals surface area contributed by atoms with Crippen molar-refractivity contribution in [3.8, 4) is 0 Å². The summed E-state index contributed by atoms with van der Waals surface area (Å²) < 4.78 is 18.8. The molecule has 0 aliphatic carbocycles. The van der Waals surface area contributed by atoms with Crippen molar-refractivity contribution in [1.29, 1.82) is 0 Å². The molecular weight excluding hydrogens is 351 g/mol. The number of aliphatic hydroxyl groups is 1. The first-order valence-corrected chi connectivity index (χ1v) is 8.73. The van der Waals surface area contributed by atoms with E-state index in [2.05, 4.69) is 0 Å². The van der Waals surface area contributed by atoms with Crippen molar-refractivity contribution in [2.45, 2.75) is 6.10 Å². The number of benzene rings is 2. The summed E-state index contributed by atoms with van der Waals surface area (Å²) in [5.74, 6) is -1.49. The van der Waals surface area contributed by atoms with Crippen LogP contribution in [0.4, 0.5) is 10.1 Å². The highest BCUT2D eigenvalue weighted by Crippen LogP contribution is 2.20. The normalized spacial score (nSPS) is 15.3. The highest BCUT2D eigenvalue weighted by molar-refractivity contribution is 5.82. The number of aliphatic hydroxyl groups excluding tert-OH is 1. The molecule has 1 heterocycles. The number of hydrogen-bond donors (Lipinski definition) is 1. The molecule has 1 aliphatic heterocycles. The van der Waals surface area contributed by atoms with Gasteiger partial charge in [0.05, 0.1) is 5.69 Å². The van der Waals surface area contributed by atoms with E-state index >= 15 is 0 Å². The number of piperazine rings is 1. The van der Waals surface area contributed by atoms with Gasteiger partial charge in [-0.1, -0.05) is 42.5 Å². The number of rotatable bonds is 5. The summed E-state index contributed by atoms with van der Waals surface area (Å²) in [6.45, 7) is 1.38. The molecule has 0 radical (unpaired) electrons. The maximum Gasteiger partial charge on any atom is 0.340 e. The fourth-order valence-corrected chi connectivity index (χ4v) is 2.98. The van der Waals surface area contributed by atoms with E-state index in [0.29, 0.717) is 37.4 Å². The molecular formula is C20H21FN2O4. The van der Waals surface area contributed by atoms with Crippen LogP contribution in [0.2, 0.25) is 0 Å². The largest absolute Gasteiger partial charge is 0.453 e. The maximum atomic E-state index is 13.9. The maximum absolute atomic E-state index is 13.9. The van der Waals surface area contributed by atoms with Crippen LogP contribution in [0.25, 0.3) is 0 Å². The third-order valence-electron chi connectivity index (χ3n) is 4.50. The SMILES string of the molecule is O=C(OCC(=O)N1CCN(c2ccccc2F)CC1)[C@@H](O)c1ccccc1. The van der Waals surface area contributed by atoms with Crippen LogP contribution in [0.3, 0.4) is 0 Å². The number of para-hydroxylation sites is 1. The number of halogens is 1. The Morgan fingerprint density at radius 3 is 2.30 bits per heavy atom. The minimum Gasteiger partial charge on any atom is -0.453 e. The van der Waals surface area contributed by atoms with E-state index in [1.807, 2.05) is 4.90 Å². The van der Waals surface area contributed by atoms with E-state index in [9.17, 15) is 19.1 Å². The molecule has 2 aromatic carbocycles. The van der Waals surface area contributed by atoms with Crippen LogP contribution in [0.1, 0.15) is 11.7 Å². The van der Waals surface area contributed by atoms with Gasteiger partial charge in [-0.05, 0) is 17.7 Å². The minimum atomic E-state index is -1.42. The molecule has 0 spiro atoms. The zero-order chi connectivity index (χ0) is 19.2. The standard InChI is InChI=1S/C20H21FN2O4/c21-16-8-4-5-9-17(16)22-10-12-23(13-11-22)18(24)14-27-20(26)19(25)15-6-2-1-3-7-15/h1-9,19,25H,10-14H2/t19-/m0/s1.